The molecule has 0 unspecified atom stereocenters. The molecule has 0 bridgehead atoms. The van der Waals surface area contributed by atoms with Crippen molar-refractivity contribution in [3.05, 3.63) is 40.6 Å². The molecule has 1 aliphatic heterocycles. The normalized spacial score (nSPS) is 15.7. The van der Waals surface area contributed by atoms with E-state index in [0.29, 0.717) is 36.9 Å². The first kappa shape index (κ1) is 17.9. The fourth-order valence-electron chi connectivity index (χ4n) is 3.05. The summed E-state index contributed by atoms with van der Waals surface area (Å²) >= 11 is 1.58. The summed E-state index contributed by atoms with van der Waals surface area (Å²) in [5, 5.41) is 1.97. The van der Waals surface area contributed by atoms with Gasteiger partial charge in [-0.15, -0.1) is 11.3 Å². The first-order chi connectivity index (χ1) is 13.2. The molecule has 0 N–H and O–H groups in total. The molecule has 4 rings (SSSR count). The minimum Gasteiger partial charge on any atom is -0.486 e. The number of ether oxygens (including phenoxy) is 3. The van der Waals surface area contributed by atoms with Crippen LogP contribution >= 0.6 is 11.3 Å². The molecule has 0 spiro atoms. The van der Waals surface area contributed by atoms with E-state index in [-0.39, 0.29) is 24.4 Å². The summed E-state index contributed by atoms with van der Waals surface area (Å²) in [6, 6.07) is 9.35. The molecule has 1 aliphatic carbocycles. The van der Waals surface area contributed by atoms with Gasteiger partial charge in [0.1, 0.15) is 13.2 Å². The summed E-state index contributed by atoms with van der Waals surface area (Å²) in [5.74, 6) is 0.720. The van der Waals surface area contributed by atoms with Crippen LogP contribution in [0.3, 0.4) is 0 Å². The van der Waals surface area contributed by atoms with Gasteiger partial charge in [-0.1, -0.05) is 12.5 Å². The molecular weight excluding hydrogens is 366 g/mol. The summed E-state index contributed by atoms with van der Waals surface area (Å²) in [5.41, 5.74) is 0.692. The fourth-order valence-corrected chi connectivity index (χ4v) is 3.75. The molecule has 2 aromatic rings. The largest absolute Gasteiger partial charge is 0.486 e. The molecule has 0 atom stereocenters. The Morgan fingerprint density at radius 3 is 2.67 bits per heavy atom. The molecule has 1 aromatic carbocycles. The van der Waals surface area contributed by atoms with E-state index in [9.17, 15) is 9.59 Å². The summed E-state index contributed by atoms with van der Waals surface area (Å²) in [4.78, 5) is 27.5. The van der Waals surface area contributed by atoms with Gasteiger partial charge >= 0.3 is 5.97 Å². The highest BCUT2D eigenvalue weighted by Crippen LogP contribution is 2.35. The summed E-state index contributed by atoms with van der Waals surface area (Å²) in [6.45, 7) is 1.15. The average molecular weight is 387 g/mol. The lowest BCUT2D eigenvalue weighted by Crippen LogP contribution is -2.35. The molecule has 0 saturated heterocycles. The lowest BCUT2D eigenvalue weighted by atomic mass is 9.86. The van der Waals surface area contributed by atoms with Crippen molar-refractivity contribution in [2.45, 2.75) is 25.8 Å². The first-order valence-electron chi connectivity index (χ1n) is 9.10. The van der Waals surface area contributed by atoms with E-state index < -0.39 is 0 Å². The van der Waals surface area contributed by atoms with E-state index in [1.807, 2.05) is 23.6 Å². The van der Waals surface area contributed by atoms with E-state index in [0.717, 1.165) is 24.1 Å². The Bertz CT molecular complexity index is 816. The van der Waals surface area contributed by atoms with Crippen LogP contribution in [-0.2, 0) is 20.9 Å². The van der Waals surface area contributed by atoms with Gasteiger partial charge in [-0.3, -0.25) is 9.59 Å². The molecule has 1 aromatic heterocycles. The van der Waals surface area contributed by atoms with E-state index in [1.165, 1.54) is 0 Å². The quantitative estimate of drug-likeness (QED) is 0.711. The second-order valence-electron chi connectivity index (χ2n) is 6.62. The van der Waals surface area contributed by atoms with E-state index in [1.54, 1.807) is 28.4 Å². The van der Waals surface area contributed by atoms with Gasteiger partial charge in [-0.2, -0.15) is 0 Å². The van der Waals surface area contributed by atoms with Crippen molar-refractivity contribution in [3.63, 3.8) is 0 Å². The van der Waals surface area contributed by atoms with Crippen LogP contribution in [0.1, 0.15) is 24.1 Å². The highest BCUT2D eigenvalue weighted by Gasteiger charge is 2.28. The van der Waals surface area contributed by atoms with Gasteiger partial charge in [0.05, 0.1) is 12.5 Å². The van der Waals surface area contributed by atoms with Crippen molar-refractivity contribution in [3.8, 4) is 11.5 Å². The molecule has 1 amide bonds. The number of esters is 1. The Morgan fingerprint density at radius 1 is 1.15 bits per heavy atom. The van der Waals surface area contributed by atoms with Gasteiger partial charge in [-0.05, 0) is 36.4 Å². The minimum absolute atomic E-state index is 0.0437. The molecule has 7 heteroatoms. The van der Waals surface area contributed by atoms with Crippen molar-refractivity contribution < 1.29 is 23.8 Å². The number of hydrogen-bond donors (Lipinski definition) is 0. The van der Waals surface area contributed by atoms with Crippen molar-refractivity contribution in [1.29, 1.82) is 0 Å². The lowest BCUT2D eigenvalue weighted by molar-refractivity contribution is -0.154. The van der Waals surface area contributed by atoms with Crippen LogP contribution in [-0.4, -0.2) is 31.7 Å². The third-order valence-corrected chi connectivity index (χ3v) is 5.67. The van der Waals surface area contributed by atoms with E-state index in [2.05, 4.69) is 0 Å². The third kappa shape index (κ3) is 4.08. The number of anilines is 1. The maximum Gasteiger partial charge on any atom is 0.309 e. The van der Waals surface area contributed by atoms with Gasteiger partial charge < -0.3 is 19.1 Å². The number of carbonyl (C=O) groups excluding carboxylic acids is 2. The van der Waals surface area contributed by atoms with Gasteiger partial charge in [0.15, 0.2) is 18.1 Å². The fraction of sp³-hybridized carbons (Fsp3) is 0.400. The van der Waals surface area contributed by atoms with Crippen molar-refractivity contribution in [2.75, 3.05) is 24.7 Å². The van der Waals surface area contributed by atoms with Gasteiger partial charge in [0.25, 0.3) is 5.91 Å². The predicted molar refractivity (Wildman–Crippen MR) is 101 cm³/mol. The van der Waals surface area contributed by atoms with Gasteiger partial charge in [0.2, 0.25) is 0 Å². The molecule has 0 radical (unpaired) electrons. The molecule has 27 heavy (non-hydrogen) atoms. The van der Waals surface area contributed by atoms with E-state index >= 15 is 0 Å². The smallest absolute Gasteiger partial charge is 0.309 e. The number of thiophene rings is 1. The van der Waals surface area contributed by atoms with Crippen LogP contribution < -0.4 is 14.4 Å². The number of nitrogens with zero attached hydrogens (tertiary/aromatic N) is 1. The zero-order valence-electron chi connectivity index (χ0n) is 14.9. The van der Waals surface area contributed by atoms with Gasteiger partial charge in [-0.25, -0.2) is 0 Å². The van der Waals surface area contributed by atoms with Crippen molar-refractivity contribution in [2.24, 2.45) is 5.92 Å². The number of benzene rings is 1. The minimum atomic E-state index is -0.271. The Balaban J connectivity index is 1.51. The SMILES string of the molecule is O=C(OCC(=O)N(Cc1cccs1)c1ccc2c(c1)OCCO2)C1CCC1. The first-order valence-corrected chi connectivity index (χ1v) is 9.98. The molecule has 6 nitrogen and oxygen atoms in total. The topological polar surface area (TPSA) is 65.1 Å². The molecule has 1 saturated carbocycles. The van der Waals surface area contributed by atoms with Crippen LogP contribution in [0, 0.1) is 5.92 Å². The third-order valence-electron chi connectivity index (χ3n) is 4.81. The van der Waals surface area contributed by atoms with Crippen molar-refractivity contribution in [1.82, 2.24) is 0 Å². The van der Waals surface area contributed by atoms with E-state index in [4.69, 9.17) is 14.2 Å². The number of carbonyl (C=O) groups is 2. The molecule has 2 aliphatic rings. The second-order valence-corrected chi connectivity index (χ2v) is 7.65. The second kappa shape index (κ2) is 8.00. The Labute approximate surface area is 161 Å². The maximum absolute atomic E-state index is 12.9. The summed E-state index contributed by atoms with van der Waals surface area (Å²) in [6.07, 6.45) is 2.76. The lowest BCUT2D eigenvalue weighted by Gasteiger charge is -2.26. The summed E-state index contributed by atoms with van der Waals surface area (Å²) < 4.78 is 16.4. The number of rotatable bonds is 6. The maximum atomic E-state index is 12.9. The van der Waals surface area contributed by atoms with Crippen LogP contribution in [0.15, 0.2) is 35.7 Å². The molecular formula is C20H21NO5S. The zero-order chi connectivity index (χ0) is 18.6. The number of amides is 1. The van der Waals surface area contributed by atoms with Gasteiger partial charge in [0, 0.05) is 16.6 Å². The van der Waals surface area contributed by atoms with Crippen LogP contribution in [0.5, 0.6) is 11.5 Å². The predicted octanol–water partition coefficient (Wildman–Crippen LogP) is 3.40. The average Bonchev–Trinajstić information content (AvgIpc) is 3.15. The Kier molecular flexibility index (Phi) is 5.29. The molecule has 2 heterocycles. The Hall–Kier alpha value is -2.54. The zero-order valence-corrected chi connectivity index (χ0v) is 15.7. The highest BCUT2D eigenvalue weighted by atomic mass is 32.1. The Morgan fingerprint density at radius 2 is 1.96 bits per heavy atom. The monoisotopic (exact) mass is 387 g/mol. The molecule has 1 fully saturated rings. The number of hydrogen-bond acceptors (Lipinski definition) is 6. The standard InChI is InChI=1S/C20H21NO5S/c22-19(13-26-20(23)14-3-1-4-14)21(12-16-5-2-10-27-16)15-6-7-17-18(11-15)25-9-8-24-17/h2,5-7,10-11,14H,1,3-4,8-9,12-13H2. The van der Waals surface area contributed by atoms with Crippen molar-refractivity contribution >= 4 is 28.9 Å². The highest BCUT2D eigenvalue weighted by molar-refractivity contribution is 7.09. The van der Waals surface area contributed by atoms with Crippen LogP contribution in [0.25, 0.3) is 0 Å². The number of fused-ring (bicyclic) bond motifs is 1. The van der Waals surface area contributed by atoms with Crippen LogP contribution in [0.4, 0.5) is 5.69 Å². The molecule has 142 valence electrons. The van der Waals surface area contributed by atoms with Crippen LogP contribution in [0.2, 0.25) is 0 Å². The summed E-state index contributed by atoms with van der Waals surface area (Å²) in [7, 11) is 0.